The second kappa shape index (κ2) is 4.53. The van der Waals surface area contributed by atoms with E-state index in [2.05, 4.69) is 0 Å². The molecule has 0 amide bonds. The minimum atomic E-state index is -0.557. The number of hydrogen-bond donors (Lipinski definition) is 2. The fraction of sp³-hybridized carbons (Fsp3) is 0.538. The van der Waals surface area contributed by atoms with Crippen molar-refractivity contribution < 1.29 is 14.2 Å². The lowest BCUT2D eigenvalue weighted by molar-refractivity contribution is 0.372. The Kier molecular flexibility index (Phi) is 3.24. The first kappa shape index (κ1) is 12.2. The van der Waals surface area contributed by atoms with E-state index >= 15 is 0 Å². The van der Waals surface area contributed by atoms with Crippen LogP contribution in [0.2, 0.25) is 0 Å². The highest BCUT2D eigenvalue weighted by atomic mass is 19.1. The number of ether oxygens (including phenoxy) is 1. The van der Waals surface area contributed by atoms with Gasteiger partial charge in [0.05, 0.1) is 7.11 Å². The van der Waals surface area contributed by atoms with Gasteiger partial charge in [-0.3, -0.25) is 0 Å². The number of rotatable bonds is 3. The highest BCUT2D eigenvalue weighted by molar-refractivity contribution is 5.43. The van der Waals surface area contributed by atoms with E-state index in [-0.39, 0.29) is 11.2 Å². The highest BCUT2D eigenvalue weighted by Crippen LogP contribution is 2.44. The third-order valence-corrected chi connectivity index (χ3v) is 3.79. The van der Waals surface area contributed by atoms with Gasteiger partial charge in [0.25, 0.3) is 0 Å². The summed E-state index contributed by atoms with van der Waals surface area (Å²) < 4.78 is 19.1. The maximum absolute atomic E-state index is 14.0. The molecule has 3 N–H and O–H groups in total. The van der Waals surface area contributed by atoms with E-state index in [9.17, 15) is 9.50 Å². The van der Waals surface area contributed by atoms with Gasteiger partial charge in [-0.25, -0.2) is 4.39 Å². The normalized spacial score (nSPS) is 18.3. The molecule has 1 fully saturated rings. The van der Waals surface area contributed by atoms with E-state index in [4.69, 9.17) is 10.5 Å². The van der Waals surface area contributed by atoms with Crippen LogP contribution in [0.5, 0.6) is 11.5 Å². The van der Waals surface area contributed by atoms with Gasteiger partial charge in [-0.15, -0.1) is 0 Å². The van der Waals surface area contributed by atoms with Crippen LogP contribution in [0.3, 0.4) is 0 Å². The molecule has 0 saturated heterocycles. The first-order valence-electron chi connectivity index (χ1n) is 5.90. The average Bonchev–Trinajstić information content (AvgIpc) is 2.82. The van der Waals surface area contributed by atoms with Crippen LogP contribution in [-0.2, 0) is 5.41 Å². The van der Waals surface area contributed by atoms with Crippen molar-refractivity contribution in [3.8, 4) is 11.5 Å². The molecule has 0 spiro atoms. The first-order chi connectivity index (χ1) is 8.13. The Morgan fingerprint density at radius 1 is 1.41 bits per heavy atom. The number of nitrogens with two attached hydrogens (primary N) is 1. The minimum Gasteiger partial charge on any atom is -0.505 e. The van der Waals surface area contributed by atoms with Gasteiger partial charge in [0.15, 0.2) is 11.6 Å². The Morgan fingerprint density at radius 2 is 2.06 bits per heavy atom. The molecule has 2 rings (SSSR count). The van der Waals surface area contributed by atoms with Gasteiger partial charge in [-0.1, -0.05) is 12.8 Å². The Balaban J connectivity index is 2.52. The molecule has 1 aromatic carbocycles. The van der Waals surface area contributed by atoms with Gasteiger partial charge in [-0.2, -0.15) is 0 Å². The molecule has 1 aromatic rings. The van der Waals surface area contributed by atoms with Crippen LogP contribution in [0.4, 0.5) is 4.39 Å². The van der Waals surface area contributed by atoms with Crippen molar-refractivity contribution >= 4 is 0 Å². The van der Waals surface area contributed by atoms with Gasteiger partial charge >= 0.3 is 0 Å². The maximum atomic E-state index is 14.0. The summed E-state index contributed by atoms with van der Waals surface area (Å²) in [6.07, 6.45) is 3.84. The van der Waals surface area contributed by atoms with Gasteiger partial charge in [0, 0.05) is 23.6 Å². The van der Waals surface area contributed by atoms with Crippen LogP contribution in [0.1, 0.15) is 31.2 Å². The summed E-state index contributed by atoms with van der Waals surface area (Å²) in [5, 5.41) is 9.59. The fourth-order valence-corrected chi connectivity index (χ4v) is 2.72. The van der Waals surface area contributed by atoms with Crippen LogP contribution in [-0.4, -0.2) is 18.8 Å². The summed E-state index contributed by atoms with van der Waals surface area (Å²) in [5.74, 6) is -0.448. The van der Waals surface area contributed by atoms with Crippen LogP contribution >= 0.6 is 0 Å². The molecule has 0 heterocycles. The van der Waals surface area contributed by atoms with Crippen LogP contribution in [0.15, 0.2) is 12.1 Å². The van der Waals surface area contributed by atoms with Crippen LogP contribution in [0.25, 0.3) is 0 Å². The zero-order valence-corrected chi connectivity index (χ0v) is 10.0. The van der Waals surface area contributed by atoms with Gasteiger partial charge < -0.3 is 15.6 Å². The van der Waals surface area contributed by atoms with E-state index in [1.54, 1.807) is 6.07 Å². The number of benzene rings is 1. The van der Waals surface area contributed by atoms with Crippen molar-refractivity contribution in [2.24, 2.45) is 5.73 Å². The van der Waals surface area contributed by atoms with Crippen molar-refractivity contribution in [2.45, 2.75) is 31.1 Å². The van der Waals surface area contributed by atoms with Gasteiger partial charge in [0.2, 0.25) is 0 Å². The Morgan fingerprint density at radius 3 is 2.59 bits per heavy atom. The minimum absolute atomic E-state index is 0.337. The molecule has 0 atom stereocenters. The predicted octanol–water partition coefficient (Wildman–Crippen LogP) is 2.31. The van der Waals surface area contributed by atoms with E-state index in [0.717, 1.165) is 25.7 Å². The Bertz CT molecular complexity index is 414. The lowest BCUT2D eigenvalue weighted by Gasteiger charge is -2.28. The highest BCUT2D eigenvalue weighted by Gasteiger charge is 2.37. The zero-order chi connectivity index (χ0) is 12.5. The SMILES string of the molecule is COc1cc(O)c(F)c(C2(CN)CCCC2)c1. The number of hydrogen-bond acceptors (Lipinski definition) is 3. The second-order valence-electron chi connectivity index (χ2n) is 4.70. The molecule has 1 saturated carbocycles. The Labute approximate surface area is 100 Å². The van der Waals surface area contributed by atoms with Crippen LogP contribution in [0, 0.1) is 5.82 Å². The molecule has 1 aliphatic carbocycles. The maximum Gasteiger partial charge on any atom is 0.168 e. The largest absolute Gasteiger partial charge is 0.505 e. The third kappa shape index (κ3) is 1.97. The molecular weight excluding hydrogens is 221 g/mol. The van der Waals surface area contributed by atoms with Crippen molar-refractivity contribution in [2.75, 3.05) is 13.7 Å². The number of phenolic OH excluding ortho intramolecular Hbond substituents is 1. The molecule has 4 heteroatoms. The smallest absolute Gasteiger partial charge is 0.168 e. The van der Waals surface area contributed by atoms with Crippen LogP contribution < -0.4 is 10.5 Å². The molecule has 0 aromatic heterocycles. The second-order valence-corrected chi connectivity index (χ2v) is 4.70. The van der Waals surface area contributed by atoms with Gasteiger partial charge in [0.1, 0.15) is 5.75 Å². The van der Waals surface area contributed by atoms with Crippen molar-refractivity contribution in [3.05, 3.63) is 23.5 Å². The number of aromatic hydroxyl groups is 1. The molecule has 0 aliphatic heterocycles. The molecule has 17 heavy (non-hydrogen) atoms. The van der Waals surface area contributed by atoms with Gasteiger partial charge in [-0.05, 0) is 18.9 Å². The van der Waals surface area contributed by atoms with E-state index in [0.29, 0.717) is 17.9 Å². The molecular formula is C13H18FNO2. The lowest BCUT2D eigenvalue weighted by atomic mass is 9.78. The third-order valence-electron chi connectivity index (χ3n) is 3.79. The number of halogens is 1. The zero-order valence-electron chi connectivity index (χ0n) is 10.0. The lowest BCUT2D eigenvalue weighted by Crippen LogP contribution is -2.33. The molecule has 0 unspecified atom stereocenters. The van der Waals surface area contributed by atoms with E-state index in [1.165, 1.54) is 13.2 Å². The van der Waals surface area contributed by atoms with Crippen molar-refractivity contribution in [1.29, 1.82) is 0 Å². The summed E-state index contributed by atoms with van der Waals surface area (Å²) in [6, 6.07) is 2.95. The monoisotopic (exact) mass is 239 g/mol. The molecule has 0 radical (unpaired) electrons. The number of methoxy groups -OCH3 is 1. The standard InChI is InChI=1S/C13H18FNO2/c1-17-9-6-10(12(14)11(16)7-9)13(8-15)4-2-3-5-13/h6-7,16H,2-5,8,15H2,1H3. The first-order valence-corrected chi connectivity index (χ1v) is 5.90. The predicted molar refractivity (Wildman–Crippen MR) is 63.8 cm³/mol. The van der Waals surface area contributed by atoms with E-state index < -0.39 is 5.82 Å². The quantitative estimate of drug-likeness (QED) is 0.851. The van der Waals surface area contributed by atoms with Crippen molar-refractivity contribution in [3.63, 3.8) is 0 Å². The summed E-state index contributed by atoms with van der Waals surface area (Å²) in [4.78, 5) is 0. The summed E-state index contributed by atoms with van der Waals surface area (Å²) in [6.45, 7) is 0.399. The molecule has 3 nitrogen and oxygen atoms in total. The average molecular weight is 239 g/mol. The van der Waals surface area contributed by atoms with E-state index in [1.807, 2.05) is 0 Å². The fourth-order valence-electron chi connectivity index (χ4n) is 2.72. The summed E-state index contributed by atoms with van der Waals surface area (Å²) in [5.41, 5.74) is 5.98. The van der Waals surface area contributed by atoms with Crippen molar-refractivity contribution in [1.82, 2.24) is 0 Å². The molecule has 0 bridgehead atoms. The topological polar surface area (TPSA) is 55.5 Å². The molecule has 94 valence electrons. The molecule has 1 aliphatic rings. The summed E-state index contributed by atoms with van der Waals surface area (Å²) >= 11 is 0. The number of phenols is 1. The summed E-state index contributed by atoms with van der Waals surface area (Å²) in [7, 11) is 1.50. The Hall–Kier alpha value is -1.29.